The number of alkyl halides is 3. The van der Waals surface area contributed by atoms with Crippen LogP contribution < -0.4 is 15.8 Å². The van der Waals surface area contributed by atoms with Gasteiger partial charge in [-0.2, -0.15) is 18.3 Å². The van der Waals surface area contributed by atoms with E-state index in [0.29, 0.717) is 11.8 Å². The number of hydrogen-bond donors (Lipinski definition) is 2. The SMILES string of the molecule is CC(C)(C)OC(=O)Cc1ccc(OC(=O)c2ccc(N/C(N)=N/C(=O)OC(C)(C)C)cc2C(F)(F)F)c2ncnn12. The number of rotatable bonds is 5. The molecule has 0 saturated carbocycles. The molecule has 0 bridgehead atoms. The zero-order valence-corrected chi connectivity index (χ0v) is 23.1. The number of halogens is 3. The van der Waals surface area contributed by atoms with Crippen LogP contribution in [0.1, 0.15) is 63.2 Å². The number of nitrogens with two attached hydrogens (primary N) is 1. The minimum Gasteiger partial charge on any atom is -0.460 e. The highest BCUT2D eigenvalue weighted by atomic mass is 19.4. The summed E-state index contributed by atoms with van der Waals surface area (Å²) in [5.74, 6) is -2.59. The quantitative estimate of drug-likeness (QED) is 0.250. The zero-order valence-electron chi connectivity index (χ0n) is 23.1. The standard InChI is InChI=1S/C26H29F3N6O6/c1-24(2,3)40-19(36)12-15-8-10-18(20-31-13-32-35(15)20)39-21(37)16-9-7-14(11-17(16)26(27,28)29)33-22(30)34-23(38)41-25(4,5)6/h7-11,13H,12H2,1-6H3,(H3,30,33,34,38). The normalized spacial score (nSPS) is 12.7. The second kappa shape index (κ2) is 11.4. The topological polar surface area (TPSA) is 159 Å². The van der Waals surface area contributed by atoms with Gasteiger partial charge in [-0.3, -0.25) is 4.79 Å². The monoisotopic (exact) mass is 578 g/mol. The van der Waals surface area contributed by atoms with Crippen LogP contribution in [-0.4, -0.2) is 49.8 Å². The molecule has 3 aromatic rings. The molecule has 12 nitrogen and oxygen atoms in total. The Hall–Kier alpha value is -4.69. The van der Waals surface area contributed by atoms with Crippen LogP contribution in [0.25, 0.3) is 5.65 Å². The number of guanidine groups is 1. The first-order valence-electron chi connectivity index (χ1n) is 12.1. The fourth-order valence-corrected chi connectivity index (χ4v) is 3.42. The lowest BCUT2D eigenvalue weighted by Crippen LogP contribution is -2.28. The lowest BCUT2D eigenvalue weighted by atomic mass is 10.1. The van der Waals surface area contributed by atoms with Crippen LogP contribution in [0.5, 0.6) is 5.75 Å². The number of carbonyl (C=O) groups is 3. The van der Waals surface area contributed by atoms with E-state index in [9.17, 15) is 27.6 Å². The maximum atomic E-state index is 13.9. The molecule has 0 atom stereocenters. The first kappa shape index (κ1) is 30.8. The van der Waals surface area contributed by atoms with Gasteiger partial charge in [-0.15, -0.1) is 4.99 Å². The minimum atomic E-state index is -4.97. The number of pyridine rings is 1. The fourth-order valence-electron chi connectivity index (χ4n) is 3.42. The largest absolute Gasteiger partial charge is 0.460 e. The van der Waals surface area contributed by atoms with Gasteiger partial charge in [-0.1, -0.05) is 0 Å². The average molecular weight is 579 g/mol. The van der Waals surface area contributed by atoms with Crippen molar-refractivity contribution in [1.82, 2.24) is 14.6 Å². The van der Waals surface area contributed by atoms with E-state index >= 15 is 0 Å². The number of anilines is 1. The van der Waals surface area contributed by atoms with Crippen LogP contribution in [-0.2, 0) is 26.9 Å². The second-order valence-electron chi connectivity index (χ2n) is 10.7. The van der Waals surface area contributed by atoms with E-state index in [1.165, 1.54) is 16.6 Å². The highest BCUT2D eigenvalue weighted by molar-refractivity contribution is 5.99. The number of esters is 2. The number of ether oxygens (including phenoxy) is 3. The number of nitrogens with zero attached hydrogens (tertiary/aromatic N) is 4. The number of fused-ring (bicyclic) bond motifs is 1. The number of aliphatic imine (C=N–C) groups is 1. The van der Waals surface area contributed by atoms with E-state index < -0.39 is 52.5 Å². The van der Waals surface area contributed by atoms with Crippen molar-refractivity contribution in [3.05, 3.63) is 53.5 Å². The minimum absolute atomic E-state index is 0.00242. The lowest BCUT2D eigenvalue weighted by molar-refractivity contribution is -0.154. The number of aromatic nitrogens is 3. The summed E-state index contributed by atoms with van der Waals surface area (Å²) < 4.78 is 58.5. The molecular weight excluding hydrogens is 549 g/mol. The Morgan fingerprint density at radius 1 is 1.00 bits per heavy atom. The maximum absolute atomic E-state index is 13.9. The molecule has 0 spiro atoms. The van der Waals surface area contributed by atoms with Crippen LogP contribution in [0.4, 0.5) is 23.7 Å². The van der Waals surface area contributed by atoms with Gasteiger partial charge in [0.1, 0.15) is 17.5 Å². The molecule has 0 fully saturated rings. The van der Waals surface area contributed by atoms with Crippen molar-refractivity contribution in [2.75, 3.05) is 5.32 Å². The number of carbonyl (C=O) groups excluding carboxylic acids is 3. The Morgan fingerprint density at radius 2 is 1.66 bits per heavy atom. The van der Waals surface area contributed by atoms with Gasteiger partial charge in [0.2, 0.25) is 5.96 Å². The Morgan fingerprint density at radius 3 is 2.27 bits per heavy atom. The van der Waals surface area contributed by atoms with Crippen LogP contribution >= 0.6 is 0 Å². The van der Waals surface area contributed by atoms with Gasteiger partial charge >= 0.3 is 24.2 Å². The smallest absolute Gasteiger partial charge is 0.437 e. The maximum Gasteiger partial charge on any atom is 0.437 e. The van der Waals surface area contributed by atoms with E-state index in [4.69, 9.17) is 19.9 Å². The highest BCUT2D eigenvalue weighted by Gasteiger charge is 2.36. The number of amides is 1. The van der Waals surface area contributed by atoms with Crippen molar-refractivity contribution in [1.29, 1.82) is 0 Å². The molecule has 41 heavy (non-hydrogen) atoms. The van der Waals surface area contributed by atoms with Crippen LogP contribution in [0.15, 0.2) is 41.7 Å². The van der Waals surface area contributed by atoms with Gasteiger partial charge in [-0.05, 0) is 71.9 Å². The van der Waals surface area contributed by atoms with E-state index in [1.54, 1.807) is 41.5 Å². The summed E-state index contributed by atoms with van der Waals surface area (Å²) in [4.78, 5) is 44.4. The molecule has 0 radical (unpaired) electrons. The highest BCUT2D eigenvalue weighted by Crippen LogP contribution is 2.35. The molecule has 3 N–H and O–H groups in total. The van der Waals surface area contributed by atoms with Crippen molar-refractivity contribution >= 4 is 35.3 Å². The van der Waals surface area contributed by atoms with E-state index in [1.807, 2.05) is 0 Å². The third-order valence-electron chi connectivity index (χ3n) is 4.84. The molecule has 0 aliphatic rings. The molecule has 2 aromatic heterocycles. The Labute approximate surface area is 232 Å². The summed E-state index contributed by atoms with van der Waals surface area (Å²) in [6.45, 7) is 9.94. The Kier molecular flexibility index (Phi) is 8.60. The molecule has 1 aromatic carbocycles. The van der Waals surface area contributed by atoms with Crippen LogP contribution in [0.2, 0.25) is 0 Å². The summed E-state index contributed by atoms with van der Waals surface area (Å²) in [7, 11) is 0. The summed E-state index contributed by atoms with van der Waals surface area (Å²) in [6.07, 6.45) is -5.06. The molecule has 0 saturated heterocycles. The second-order valence-corrected chi connectivity index (χ2v) is 10.7. The molecule has 15 heteroatoms. The predicted molar refractivity (Wildman–Crippen MR) is 140 cm³/mol. The van der Waals surface area contributed by atoms with Gasteiger partial charge < -0.3 is 25.3 Å². The zero-order chi connectivity index (χ0) is 30.8. The van der Waals surface area contributed by atoms with Gasteiger partial charge in [0.15, 0.2) is 11.4 Å². The van der Waals surface area contributed by atoms with Crippen LogP contribution in [0, 0.1) is 0 Å². The van der Waals surface area contributed by atoms with E-state index in [2.05, 4.69) is 20.4 Å². The Balaban J connectivity index is 1.85. The first-order valence-corrected chi connectivity index (χ1v) is 12.1. The molecule has 3 rings (SSSR count). The number of hydrogen-bond acceptors (Lipinski definition) is 8. The molecule has 2 heterocycles. The van der Waals surface area contributed by atoms with Crippen molar-refractivity contribution < 1.29 is 41.8 Å². The summed E-state index contributed by atoms with van der Waals surface area (Å²) in [6, 6.07) is 5.33. The molecule has 1 amide bonds. The van der Waals surface area contributed by atoms with Gasteiger partial charge in [0.25, 0.3) is 0 Å². The van der Waals surface area contributed by atoms with Crippen LogP contribution in [0.3, 0.4) is 0 Å². The summed E-state index contributed by atoms with van der Waals surface area (Å²) >= 11 is 0. The van der Waals surface area contributed by atoms with Crippen molar-refractivity contribution in [2.45, 2.75) is 65.3 Å². The third-order valence-corrected chi connectivity index (χ3v) is 4.84. The van der Waals surface area contributed by atoms with Crippen molar-refractivity contribution in [2.24, 2.45) is 10.7 Å². The number of nitrogens with one attached hydrogen (secondary N) is 1. The lowest BCUT2D eigenvalue weighted by Gasteiger charge is -2.19. The number of benzene rings is 1. The predicted octanol–water partition coefficient (Wildman–Crippen LogP) is 4.51. The molecule has 0 unspecified atom stereocenters. The van der Waals surface area contributed by atoms with Gasteiger partial charge in [0, 0.05) is 5.69 Å². The molecular formula is C26H29F3N6O6. The fraction of sp³-hybridized carbons (Fsp3) is 0.385. The van der Waals surface area contributed by atoms with Gasteiger partial charge in [-0.25, -0.2) is 19.1 Å². The Bertz CT molecular complexity index is 1500. The third kappa shape index (κ3) is 8.65. The van der Waals surface area contributed by atoms with E-state index in [0.717, 1.165) is 18.5 Å². The average Bonchev–Trinajstić information content (AvgIpc) is 3.28. The van der Waals surface area contributed by atoms with E-state index in [-0.39, 0.29) is 23.5 Å². The summed E-state index contributed by atoms with van der Waals surface area (Å²) in [5.41, 5.74) is 2.05. The molecule has 0 aliphatic carbocycles. The first-order chi connectivity index (χ1) is 18.8. The van der Waals surface area contributed by atoms with Gasteiger partial charge in [0.05, 0.1) is 23.2 Å². The molecule has 0 aliphatic heterocycles. The van der Waals surface area contributed by atoms with Crippen molar-refractivity contribution in [3.63, 3.8) is 0 Å². The van der Waals surface area contributed by atoms with Crippen molar-refractivity contribution in [3.8, 4) is 5.75 Å². The summed E-state index contributed by atoms with van der Waals surface area (Å²) in [5, 5.41) is 6.37. The molecule has 220 valence electrons.